The van der Waals surface area contributed by atoms with E-state index in [9.17, 15) is 9.90 Å². The van der Waals surface area contributed by atoms with E-state index < -0.39 is 11.9 Å². The summed E-state index contributed by atoms with van der Waals surface area (Å²) in [5.74, 6) is 5.13. The lowest BCUT2D eigenvalue weighted by Crippen LogP contribution is -2.23. The fourth-order valence-corrected chi connectivity index (χ4v) is 3.50. The third-order valence-corrected chi connectivity index (χ3v) is 4.99. The molecule has 0 spiro atoms. The second-order valence-corrected chi connectivity index (χ2v) is 6.79. The van der Waals surface area contributed by atoms with Gasteiger partial charge in [0.25, 0.3) is 0 Å². The van der Waals surface area contributed by atoms with Crippen LogP contribution in [0.4, 0.5) is 0 Å². The highest BCUT2D eigenvalue weighted by Crippen LogP contribution is 2.36. The first kappa shape index (κ1) is 18.5. The Bertz CT molecular complexity index is 1180. The summed E-state index contributed by atoms with van der Waals surface area (Å²) in [6, 6.07) is 17.3. The number of aromatic nitrogens is 1. The first-order valence-electron chi connectivity index (χ1n) is 9.27. The van der Waals surface area contributed by atoms with Gasteiger partial charge in [0.05, 0.1) is 18.5 Å². The monoisotopic (exact) mass is 381 g/mol. The molecule has 2 unspecified atom stereocenters. The molecule has 0 bridgehead atoms. The van der Waals surface area contributed by atoms with Gasteiger partial charge in [-0.1, -0.05) is 48.3 Å². The summed E-state index contributed by atoms with van der Waals surface area (Å²) in [4.78, 5) is 16.4. The summed E-state index contributed by atoms with van der Waals surface area (Å²) < 4.78 is 5.17. The van der Waals surface area contributed by atoms with Crippen LogP contribution in [0.1, 0.15) is 17.0 Å². The number of ether oxygens (including phenoxy) is 1. The summed E-state index contributed by atoms with van der Waals surface area (Å²) in [7, 11) is 1.62. The lowest BCUT2D eigenvalue weighted by atomic mass is 9.78. The number of aliphatic carboxylic acids is 1. The van der Waals surface area contributed by atoms with Gasteiger partial charge >= 0.3 is 5.97 Å². The molecule has 0 amide bonds. The number of carboxylic acid groups (broad SMARTS) is 1. The molecule has 4 rings (SSSR count). The zero-order valence-corrected chi connectivity index (χ0v) is 15.9. The molecule has 29 heavy (non-hydrogen) atoms. The fourth-order valence-electron chi connectivity index (χ4n) is 3.50. The molecular weight excluding hydrogens is 362 g/mol. The lowest BCUT2D eigenvalue weighted by Gasteiger charge is -2.24. The highest BCUT2D eigenvalue weighted by molar-refractivity contribution is 5.80. The average Bonchev–Trinajstić information content (AvgIpc) is 2.77. The molecule has 0 fully saturated rings. The fraction of sp³-hybridized carbons (Fsp3) is 0.120. The molecule has 1 aromatic heterocycles. The topological polar surface area (TPSA) is 59.4 Å². The summed E-state index contributed by atoms with van der Waals surface area (Å²) in [5, 5.41) is 10.8. The summed E-state index contributed by atoms with van der Waals surface area (Å²) >= 11 is 0. The Balaban J connectivity index is 1.74. The van der Waals surface area contributed by atoms with Gasteiger partial charge in [-0.15, -0.1) is 0 Å². The van der Waals surface area contributed by atoms with Crippen molar-refractivity contribution in [3.63, 3.8) is 0 Å². The predicted octanol–water partition coefficient (Wildman–Crippen LogP) is 4.58. The lowest BCUT2D eigenvalue weighted by molar-refractivity contribution is -0.140. The van der Waals surface area contributed by atoms with Crippen LogP contribution in [0.5, 0.6) is 5.75 Å². The predicted molar refractivity (Wildman–Crippen MR) is 113 cm³/mol. The third-order valence-electron chi connectivity index (χ3n) is 4.99. The molecule has 3 aromatic rings. The van der Waals surface area contributed by atoms with E-state index in [2.05, 4.69) is 16.8 Å². The molecule has 142 valence electrons. The average molecular weight is 381 g/mol. The van der Waals surface area contributed by atoms with E-state index >= 15 is 0 Å². The van der Waals surface area contributed by atoms with Gasteiger partial charge < -0.3 is 9.84 Å². The van der Waals surface area contributed by atoms with Crippen LogP contribution >= 0.6 is 0 Å². The molecule has 0 aliphatic heterocycles. The molecule has 2 aromatic carbocycles. The van der Waals surface area contributed by atoms with Crippen molar-refractivity contribution in [1.82, 2.24) is 4.98 Å². The Morgan fingerprint density at radius 3 is 2.66 bits per heavy atom. The van der Waals surface area contributed by atoms with Crippen molar-refractivity contribution in [2.45, 2.75) is 5.92 Å². The van der Waals surface area contributed by atoms with Gasteiger partial charge in [0.2, 0.25) is 0 Å². The third kappa shape index (κ3) is 3.90. The quantitative estimate of drug-likeness (QED) is 0.675. The number of rotatable bonds is 3. The Labute approximate surface area is 169 Å². The Kier molecular flexibility index (Phi) is 5.13. The number of carboxylic acids is 1. The van der Waals surface area contributed by atoms with Gasteiger partial charge in [-0.25, -0.2) is 0 Å². The van der Waals surface area contributed by atoms with Crippen molar-refractivity contribution in [2.75, 3.05) is 7.11 Å². The van der Waals surface area contributed by atoms with Crippen LogP contribution in [0, 0.1) is 17.8 Å². The second kappa shape index (κ2) is 8.04. The van der Waals surface area contributed by atoms with Crippen LogP contribution in [-0.4, -0.2) is 23.2 Å². The molecule has 0 saturated heterocycles. The largest absolute Gasteiger partial charge is 0.497 e. The van der Waals surface area contributed by atoms with Crippen LogP contribution in [-0.2, 0) is 4.79 Å². The maximum atomic E-state index is 11.9. The number of hydrogen-bond acceptors (Lipinski definition) is 3. The Hall–Kier alpha value is -3.84. The summed E-state index contributed by atoms with van der Waals surface area (Å²) in [5.41, 5.74) is 3.32. The van der Waals surface area contributed by atoms with E-state index in [0.717, 1.165) is 33.4 Å². The molecule has 1 heterocycles. The number of fused-ring (bicyclic) bond motifs is 1. The molecule has 1 aliphatic carbocycles. The first-order chi connectivity index (χ1) is 14.2. The molecular formula is C25H19NO3. The van der Waals surface area contributed by atoms with E-state index in [1.54, 1.807) is 25.5 Å². The number of para-hydroxylation sites is 1. The molecule has 4 nitrogen and oxygen atoms in total. The second-order valence-electron chi connectivity index (χ2n) is 6.79. The maximum Gasteiger partial charge on any atom is 0.311 e. The van der Waals surface area contributed by atoms with Crippen molar-refractivity contribution in [3.8, 4) is 17.6 Å². The van der Waals surface area contributed by atoms with Crippen molar-refractivity contribution in [2.24, 2.45) is 5.92 Å². The zero-order chi connectivity index (χ0) is 20.2. The Morgan fingerprint density at radius 1 is 1.10 bits per heavy atom. The molecule has 0 saturated carbocycles. The number of methoxy groups -OCH3 is 1. The first-order valence-corrected chi connectivity index (χ1v) is 9.27. The van der Waals surface area contributed by atoms with Crippen LogP contribution in [0.2, 0.25) is 0 Å². The van der Waals surface area contributed by atoms with Gasteiger partial charge in [-0.3, -0.25) is 9.78 Å². The van der Waals surface area contributed by atoms with Gasteiger partial charge in [-0.05, 0) is 42.0 Å². The van der Waals surface area contributed by atoms with E-state index in [-0.39, 0.29) is 5.92 Å². The van der Waals surface area contributed by atoms with Crippen molar-refractivity contribution >= 4 is 16.9 Å². The Morgan fingerprint density at radius 2 is 1.90 bits per heavy atom. The maximum absolute atomic E-state index is 11.9. The van der Waals surface area contributed by atoms with Crippen LogP contribution in [0.25, 0.3) is 10.9 Å². The minimum Gasteiger partial charge on any atom is -0.497 e. The van der Waals surface area contributed by atoms with E-state index in [1.165, 1.54) is 0 Å². The van der Waals surface area contributed by atoms with Crippen LogP contribution in [0.3, 0.4) is 0 Å². The number of allylic oxidation sites excluding steroid dienone is 3. The van der Waals surface area contributed by atoms with E-state index in [0.29, 0.717) is 0 Å². The molecule has 1 N–H and O–H groups in total. The minimum atomic E-state index is -0.878. The smallest absolute Gasteiger partial charge is 0.311 e. The van der Waals surface area contributed by atoms with Crippen LogP contribution in [0.15, 0.2) is 84.6 Å². The number of carbonyl (C=O) groups is 1. The SMILES string of the molecule is COc1ccc(C#CC2=CC=CC(C(=O)O)C2c2cnc3ccccc3c2)cc1. The number of pyridine rings is 1. The highest BCUT2D eigenvalue weighted by atomic mass is 16.5. The molecule has 0 radical (unpaired) electrons. The van der Waals surface area contributed by atoms with E-state index in [1.807, 2.05) is 60.7 Å². The molecule has 4 heteroatoms. The molecule has 1 aliphatic rings. The standard InChI is InChI=1S/C25H19NO3/c1-29-21-13-10-17(11-14-21)9-12-18-6-4-7-22(25(27)28)24(18)20-15-19-5-2-3-8-23(19)26-16-20/h2-8,10-11,13-16,22,24H,1H3,(H,27,28). The van der Waals surface area contributed by atoms with Crippen molar-refractivity contribution in [1.29, 1.82) is 0 Å². The highest BCUT2D eigenvalue weighted by Gasteiger charge is 2.32. The number of hydrogen-bond donors (Lipinski definition) is 1. The van der Waals surface area contributed by atoms with Crippen LogP contribution < -0.4 is 4.74 Å². The van der Waals surface area contributed by atoms with Gasteiger partial charge in [-0.2, -0.15) is 0 Å². The number of nitrogens with zero attached hydrogens (tertiary/aromatic N) is 1. The van der Waals surface area contributed by atoms with Gasteiger partial charge in [0.1, 0.15) is 5.75 Å². The van der Waals surface area contributed by atoms with E-state index in [4.69, 9.17) is 4.74 Å². The minimum absolute atomic E-state index is 0.389. The number of benzene rings is 2. The summed E-state index contributed by atoms with van der Waals surface area (Å²) in [6.45, 7) is 0. The molecule has 2 atom stereocenters. The van der Waals surface area contributed by atoms with Gasteiger partial charge in [0.15, 0.2) is 0 Å². The van der Waals surface area contributed by atoms with Gasteiger partial charge in [0, 0.05) is 28.6 Å². The van der Waals surface area contributed by atoms with Crippen molar-refractivity contribution < 1.29 is 14.6 Å². The zero-order valence-electron chi connectivity index (χ0n) is 15.9. The normalized spacial score (nSPS) is 17.9. The van der Waals surface area contributed by atoms with Crippen molar-refractivity contribution in [3.05, 3.63) is 95.7 Å². The summed E-state index contributed by atoms with van der Waals surface area (Å²) in [6.07, 6.45) is 7.11.